The third-order valence-electron chi connectivity index (χ3n) is 2.66. The number of benzene rings is 1. The van der Waals surface area contributed by atoms with Crippen molar-refractivity contribution in [3.05, 3.63) is 39.6 Å². The second-order valence-corrected chi connectivity index (χ2v) is 5.71. The van der Waals surface area contributed by atoms with Crippen LogP contribution in [-0.2, 0) is 12.7 Å². The summed E-state index contributed by atoms with van der Waals surface area (Å²) in [6, 6.07) is 3.79. The Bertz CT molecular complexity index is 640. The van der Waals surface area contributed by atoms with Crippen molar-refractivity contribution in [2.75, 3.05) is 6.54 Å². The van der Waals surface area contributed by atoms with Crippen LogP contribution in [0.15, 0.2) is 18.2 Å². The van der Waals surface area contributed by atoms with E-state index < -0.39 is 17.7 Å². The number of nitrogens with one attached hydrogen (secondary N) is 1. The number of halogens is 5. The number of hydrogen-bond acceptors (Lipinski definition) is 3. The highest BCUT2D eigenvalue weighted by Crippen LogP contribution is 2.38. The number of alkyl halides is 3. The molecule has 1 aromatic carbocycles. The van der Waals surface area contributed by atoms with E-state index in [0.717, 1.165) is 17.4 Å². The summed E-state index contributed by atoms with van der Waals surface area (Å²) in [5.74, 6) is -0.694. The van der Waals surface area contributed by atoms with Gasteiger partial charge >= 0.3 is 6.18 Å². The van der Waals surface area contributed by atoms with E-state index >= 15 is 0 Å². The van der Waals surface area contributed by atoms with Crippen LogP contribution in [0.3, 0.4) is 0 Å². The standard InChI is InChI=1S/C13H11ClF4N2S/c1-2-19-6-10-11(13(16,17)18)20-12(21-10)8-4-3-7(14)5-9(8)15/h3-5,19H,2,6H2,1H3. The monoisotopic (exact) mass is 338 g/mol. The van der Waals surface area contributed by atoms with Crippen molar-refractivity contribution in [3.8, 4) is 10.6 Å². The molecule has 8 heteroatoms. The SMILES string of the molecule is CCNCc1sc(-c2ccc(Cl)cc2F)nc1C(F)(F)F. The first-order valence-electron chi connectivity index (χ1n) is 6.06. The van der Waals surface area contributed by atoms with E-state index in [-0.39, 0.29) is 27.0 Å². The Hall–Kier alpha value is -1.18. The van der Waals surface area contributed by atoms with Crippen LogP contribution >= 0.6 is 22.9 Å². The lowest BCUT2D eigenvalue weighted by Gasteiger charge is -2.05. The Morgan fingerprint density at radius 1 is 1.33 bits per heavy atom. The summed E-state index contributed by atoms with van der Waals surface area (Å²) in [5, 5.41) is 2.99. The molecular weight excluding hydrogens is 328 g/mol. The lowest BCUT2D eigenvalue weighted by Crippen LogP contribution is -2.15. The summed E-state index contributed by atoms with van der Waals surface area (Å²) in [6.45, 7) is 2.35. The van der Waals surface area contributed by atoms with Crippen LogP contribution in [0.4, 0.5) is 17.6 Å². The van der Waals surface area contributed by atoms with Crippen molar-refractivity contribution >= 4 is 22.9 Å². The Balaban J connectivity index is 2.47. The van der Waals surface area contributed by atoms with Crippen LogP contribution in [-0.4, -0.2) is 11.5 Å². The quantitative estimate of drug-likeness (QED) is 0.815. The summed E-state index contributed by atoms with van der Waals surface area (Å²) in [7, 11) is 0. The van der Waals surface area contributed by atoms with Crippen molar-refractivity contribution < 1.29 is 17.6 Å². The van der Waals surface area contributed by atoms with Gasteiger partial charge in [0, 0.05) is 17.1 Å². The molecule has 2 nitrogen and oxygen atoms in total. The van der Waals surface area contributed by atoms with Crippen LogP contribution in [0.2, 0.25) is 5.02 Å². The number of hydrogen-bond donors (Lipinski definition) is 1. The van der Waals surface area contributed by atoms with E-state index in [4.69, 9.17) is 11.6 Å². The maximum Gasteiger partial charge on any atom is 0.434 e. The molecule has 0 spiro atoms. The first-order chi connectivity index (χ1) is 9.82. The van der Waals surface area contributed by atoms with Crippen molar-refractivity contribution in [1.82, 2.24) is 10.3 Å². The summed E-state index contributed by atoms with van der Waals surface area (Å²) >= 11 is 6.46. The first kappa shape index (κ1) is 16.2. The van der Waals surface area contributed by atoms with E-state index in [9.17, 15) is 17.6 Å². The fraction of sp³-hybridized carbons (Fsp3) is 0.308. The molecule has 21 heavy (non-hydrogen) atoms. The lowest BCUT2D eigenvalue weighted by atomic mass is 10.2. The van der Waals surface area contributed by atoms with Gasteiger partial charge in [-0.05, 0) is 24.7 Å². The van der Waals surface area contributed by atoms with Gasteiger partial charge < -0.3 is 5.32 Å². The van der Waals surface area contributed by atoms with Gasteiger partial charge in [-0.15, -0.1) is 11.3 Å². The van der Waals surface area contributed by atoms with Crippen LogP contribution in [0.5, 0.6) is 0 Å². The molecule has 1 N–H and O–H groups in total. The van der Waals surface area contributed by atoms with Crippen LogP contribution < -0.4 is 5.32 Å². The molecule has 114 valence electrons. The molecule has 0 fully saturated rings. The fourth-order valence-corrected chi connectivity index (χ4v) is 2.95. The second-order valence-electron chi connectivity index (χ2n) is 4.19. The molecule has 0 unspecified atom stereocenters. The highest BCUT2D eigenvalue weighted by molar-refractivity contribution is 7.15. The zero-order chi connectivity index (χ0) is 15.6. The second kappa shape index (κ2) is 6.29. The predicted octanol–water partition coefficient (Wildman–Crippen LogP) is 4.73. The van der Waals surface area contributed by atoms with Crippen LogP contribution in [0, 0.1) is 5.82 Å². The average Bonchev–Trinajstić information content (AvgIpc) is 2.80. The average molecular weight is 339 g/mol. The van der Waals surface area contributed by atoms with E-state index in [1.165, 1.54) is 12.1 Å². The fourth-order valence-electron chi connectivity index (χ4n) is 1.71. The largest absolute Gasteiger partial charge is 0.434 e. The lowest BCUT2D eigenvalue weighted by molar-refractivity contribution is -0.141. The third-order valence-corrected chi connectivity index (χ3v) is 3.99. The van der Waals surface area contributed by atoms with Gasteiger partial charge in [-0.3, -0.25) is 0 Å². The van der Waals surface area contributed by atoms with Gasteiger partial charge in [-0.1, -0.05) is 18.5 Å². The Morgan fingerprint density at radius 2 is 2.05 bits per heavy atom. The van der Waals surface area contributed by atoms with E-state index in [0.29, 0.717) is 6.54 Å². The predicted molar refractivity (Wildman–Crippen MR) is 74.9 cm³/mol. The molecule has 0 saturated carbocycles. The summed E-state index contributed by atoms with van der Waals surface area (Å²) in [4.78, 5) is 3.60. The molecule has 0 aliphatic carbocycles. The van der Waals surface area contributed by atoms with Gasteiger partial charge in [0.05, 0.1) is 4.88 Å². The van der Waals surface area contributed by atoms with E-state index in [2.05, 4.69) is 10.3 Å². The van der Waals surface area contributed by atoms with Gasteiger partial charge in [0.2, 0.25) is 0 Å². The van der Waals surface area contributed by atoms with Crippen LogP contribution in [0.25, 0.3) is 10.6 Å². The molecule has 2 rings (SSSR count). The molecule has 0 radical (unpaired) electrons. The van der Waals surface area contributed by atoms with Crippen molar-refractivity contribution in [1.29, 1.82) is 0 Å². The van der Waals surface area contributed by atoms with E-state index in [1.807, 2.05) is 0 Å². The summed E-state index contributed by atoms with van der Waals surface area (Å²) in [5.41, 5.74) is -0.963. The van der Waals surface area contributed by atoms with Gasteiger partial charge in [-0.2, -0.15) is 13.2 Å². The van der Waals surface area contributed by atoms with Gasteiger partial charge in [-0.25, -0.2) is 9.37 Å². The minimum Gasteiger partial charge on any atom is -0.312 e. The highest BCUT2D eigenvalue weighted by atomic mass is 35.5. The smallest absolute Gasteiger partial charge is 0.312 e. The number of aromatic nitrogens is 1. The van der Waals surface area contributed by atoms with Gasteiger partial charge in [0.1, 0.15) is 10.8 Å². The van der Waals surface area contributed by atoms with Gasteiger partial charge in [0.25, 0.3) is 0 Å². The zero-order valence-corrected chi connectivity index (χ0v) is 12.5. The molecule has 0 aliphatic rings. The molecule has 0 saturated heterocycles. The Morgan fingerprint density at radius 3 is 2.62 bits per heavy atom. The zero-order valence-electron chi connectivity index (χ0n) is 10.9. The van der Waals surface area contributed by atoms with E-state index in [1.54, 1.807) is 6.92 Å². The minimum atomic E-state index is -4.57. The molecule has 1 heterocycles. The number of nitrogens with zero attached hydrogens (tertiary/aromatic N) is 1. The topological polar surface area (TPSA) is 24.9 Å². The first-order valence-corrected chi connectivity index (χ1v) is 7.25. The molecular formula is C13H11ClF4N2S. The molecule has 0 atom stereocenters. The summed E-state index contributed by atoms with van der Waals surface area (Å²) < 4.78 is 52.7. The Labute approximate surface area is 127 Å². The molecule has 0 amide bonds. The molecule has 1 aromatic heterocycles. The van der Waals surface area contributed by atoms with Crippen molar-refractivity contribution in [3.63, 3.8) is 0 Å². The normalized spacial score (nSPS) is 11.9. The highest BCUT2D eigenvalue weighted by Gasteiger charge is 2.37. The minimum absolute atomic E-state index is 0.00982. The van der Waals surface area contributed by atoms with Gasteiger partial charge in [0.15, 0.2) is 5.69 Å². The number of rotatable bonds is 4. The maximum absolute atomic E-state index is 13.8. The number of thiazole rings is 1. The van der Waals surface area contributed by atoms with Crippen molar-refractivity contribution in [2.24, 2.45) is 0 Å². The van der Waals surface area contributed by atoms with Crippen molar-refractivity contribution in [2.45, 2.75) is 19.6 Å². The van der Waals surface area contributed by atoms with Crippen LogP contribution in [0.1, 0.15) is 17.5 Å². The third kappa shape index (κ3) is 3.72. The molecule has 0 bridgehead atoms. The maximum atomic E-state index is 13.8. The molecule has 0 aliphatic heterocycles. The Kier molecular flexibility index (Phi) is 4.85. The molecule has 2 aromatic rings. The summed E-state index contributed by atoms with van der Waals surface area (Å²) in [6.07, 6.45) is -4.57.